The Kier molecular flexibility index (Phi) is 5.95. The highest BCUT2D eigenvalue weighted by atomic mass is 15.2. The molecule has 0 bridgehead atoms. The minimum absolute atomic E-state index is 0.130. The van der Waals surface area contributed by atoms with Crippen molar-refractivity contribution in [3.8, 4) is 22.3 Å². The van der Waals surface area contributed by atoms with E-state index in [9.17, 15) is 0 Å². The lowest BCUT2D eigenvalue weighted by Crippen LogP contribution is -2.61. The number of benzene rings is 7. The average molecular weight is 573 g/mol. The number of rotatable bonds is 4. The maximum atomic E-state index is 2.46. The van der Waals surface area contributed by atoms with Gasteiger partial charge in [0.15, 0.2) is 0 Å². The number of hydrogen-bond donors (Lipinski definition) is 0. The van der Waals surface area contributed by atoms with Crippen LogP contribution in [0, 0.1) is 0 Å². The van der Waals surface area contributed by atoms with E-state index in [1.54, 1.807) is 0 Å². The van der Waals surface area contributed by atoms with Gasteiger partial charge in [-0.25, -0.2) is 0 Å². The number of hydrogen-bond acceptors (Lipinski definition) is 2. The lowest BCUT2D eigenvalue weighted by atomic mass is 9.33. The second-order valence-corrected chi connectivity index (χ2v) is 11.8. The molecule has 0 aliphatic carbocycles. The zero-order valence-corrected chi connectivity index (χ0v) is 24.7. The molecule has 2 aliphatic heterocycles. The lowest BCUT2D eigenvalue weighted by Gasteiger charge is -2.44. The van der Waals surface area contributed by atoms with Crippen LogP contribution in [0.1, 0.15) is 0 Å². The fraction of sp³-hybridized carbons (Fsp3) is 0. The summed E-state index contributed by atoms with van der Waals surface area (Å²) in [6, 6.07) is 63.9. The quantitative estimate of drug-likeness (QED) is 0.194. The van der Waals surface area contributed by atoms with Crippen molar-refractivity contribution in [1.82, 2.24) is 0 Å². The summed E-state index contributed by atoms with van der Waals surface area (Å²) < 4.78 is 0. The Bertz CT molecular complexity index is 2040. The molecule has 0 radical (unpaired) electrons. The van der Waals surface area contributed by atoms with Crippen LogP contribution in [0.15, 0.2) is 176 Å². The van der Waals surface area contributed by atoms with Crippen molar-refractivity contribution in [2.24, 2.45) is 0 Å². The summed E-state index contributed by atoms with van der Waals surface area (Å²) in [7, 11) is 0. The van der Waals surface area contributed by atoms with Crippen LogP contribution in [-0.4, -0.2) is 6.71 Å². The van der Waals surface area contributed by atoms with E-state index in [1.807, 2.05) is 0 Å². The predicted molar refractivity (Wildman–Crippen MR) is 191 cm³/mol. The van der Waals surface area contributed by atoms with Gasteiger partial charge >= 0.3 is 0 Å². The van der Waals surface area contributed by atoms with Crippen LogP contribution in [0.5, 0.6) is 0 Å². The van der Waals surface area contributed by atoms with Crippen molar-refractivity contribution >= 4 is 57.2 Å². The molecule has 210 valence electrons. The molecule has 7 aromatic carbocycles. The molecule has 0 atom stereocenters. The number of para-hydroxylation sites is 2. The van der Waals surface area contributed by atoms with E-state index in [1.165, 1.54) is 61.4 Å². The molecule has 45 heavy (non-hydrogen) atoms. The Hall–Kier alpha value is -5.80. The monoisotopic (exact) mass is 572 g/mol. The smallest absolute Gasteiger partial charge is 0.252 e. The zero-order valence-electron chi connectivity index (χ0n) is 24.7. The maximum absolute atomic E-state index is 2.46. The molecule has 0 unspecified atom stereocenters. The third-order valence-corrected chi connectivity index (χ3v) is 9.23. The standard InChI is InChI=1S/C42H29BN2/c1-3-14-30(15-4-1)32-18-11-20-34(28-32)44-38-24-9-7-22-36(38)43-37-23-8-10-25-39(37)45(41-27-13-26-40(44)42(41)43)35-21-12-19-33(29-35)31-16-5-2-6-17-31/h1-29H. The van der Waals surface area contributed by atoms with Crippen molar-refractivity contribution in [2.45, 2.75) is 0 Å². The fourth-order valence-corrected chi connectivity index (χ4v) is 7.30. The first-order valence-corrected chi connectivity index (χ1v) is 15.6. The highest BCUT2D eigenvalue weighted by Gasteiger charge is 2.42. The molecule has 0 saturated carbocycles. The molecule has 7 aromatic rings. The number of fused-ring (bicyclic) bond motifs is 4. The molecule has 9 rings (SSSR count). The highest BCUT2D eigenvalue weighted by Crippen LogP contribution is 2.44. The summed E-state index contributed by atoms with van der Waals surface area (Å²) in [5.74, 6) is 0. The molecule has 0 saturated heterocycles. The largest absolute Gasteiger partial charge is 0.311 e. The summed E-state index contributed by atoms with van der Waals surface area (Å²) >= 11 is 0. The lowest BCUT2D eigenvalue weighted by molar-refractivity contribution is 1.25. The molecule has 0 aromatic heterocycles. The third-order valence-electron chi connectivity index (χ3n) is 9.23. The molecule has 0 spiro atoms. The van der Waals surface area contributed by atoms with Crippen LogP contribution in [0.3, 0.4) is 0 Å². The molecule has 0 N–H and O–H groups in total. The van der Waals surface area contributed by atoms with Crippen molar-refractivity contribution in [2.75, 3.05) is 9.80 Å². The highest BCUT2D eigenvalue weighted by molar-refractivity contribution is 7.00. The van der Waals surface area contributed by atoms with Gasteiger partial charge in [0.25, 0.3) is 6.71 Å². The summed E-state index contributed by atoms with van der Waals surface area (Å²) in [6.07, 6.45) is 0. The van der Waals surface area contributed by atoms with Crippen LogP contribution < -0.4 is 26.2 Å². The minimum Gasteiger partial charge on any atom is -0.311 e. The zero-order chi connectivity index (χ0) is 29.7. The van der Waals surface area contributed by atoms with Gasteiger partial charge in [-0.1, -0.05) is 127 Å². The van der Waals surface area contributed by atoms with E-state index >= 15 is 0 Å². The van der Waals surface area contributed by atoms with Crippen molar-refractivity contribution < 1.29 is 0 Å². The van der Waals surface area contributed by atoms with Gasteiger partial charge in [0.2, 0.25) is 0 Å². The SMILES string of the molecule is c1ccc(-c2cccc(N3c4ccccc4B4c5ccccc5N(c5cccc(-c6ccccc6)c5)c5cccc3c54)c2)cc1. The first kappa shape index (κ1) is 25.7. The molecular weight excluding hydrogens is 543 g/mol. The summed E-state index contributed by atoms with van der Waals surface area (Å²) in [5.41, 5.74) is 16.1. The molecule has 0 fully saturated rings. The van der Waals surface area contributed by atoms with E-state index in [-0.39, 0.29) is 6.71 Å². The summed E-state index contributed by atoms with van der Waals surface area (Å²) in [4.78, 5) is 4.92. The first-order valence-electron chi connectivity index (χ1n) is 15.6. The van der Waals surface area contributed by atoms with Crippen molar-refractivity contribution in [1.29, 1.82) is 0 Å². The summed E-state index contributed by atoms with van der Waals surface area (Å²) in [5, 5.41) is 0. The normalized spacial score (nSPS) is 12.8. The number of anilines is 6. The molecule has 0 amide bonds. The Morgan fingerprint density at radius 1 is 0.311 bits per heavy atom. The second kappa shape index (κ2) is 10.4. The maximum Gasteiger partial charge on any atom is 0.252 e. The first-order chi connectivity index (χ1) is 22.3. The van der Waals surface area contributed by atoms with Crippen molar-refractivity contribution in [3.63, 3.8) is 0 Å². The van der Waals surface area contributed by atoms with Gasteiger partial charge in [-0.05, 0) is 87.2 Å². The number of nitrogens with zero attached hydrogens (tertiary/aromatic N) is 2. The van der Waals surface area contributed by atoms with Crippen molar-refractivity contribution in [3.05, 3.63) is 176 Å². The average Bonchev–Trinajstić information content (AvgIpc) is 3.12. The Morgan fingerprint density at radius 3 is 1.18 bits per heavy atom. The van der Waals surface area contributed by atoms with Crippen LogP contribution in [-0.2, 0) is 0 Å². The van der Waals surface area contributed by atoms with Gasteiger partial charge in [-0.3, -0.25) is 0 Å². The second-order valence-electron chi connectivity index (χ2n) is 11.8. The molecule has 2 nitrogen and oxygen atoms in total. The molecule has 3 heteroatoms. The molecule has 2 heterocycles. The van der Waals surface area contributed by atoms with E-state index in [4.69, 9.17) is 0 Å². The van der Waals surface area contributed by atoms with Crippen LogP contribution in [0.4, 0.5) is 34.1 Å². The van der Waals surface area contributed by atoms with E-state index < -0.39 is 0 Å². The minimum atomic E-state index is 0.130. The summed E-state index contributed by atoms with van der Waals surface area (Å²) in [6.45, 7) is 0.130. The molecule has 2 aliphatic rings. The van der Waals surface area contributed by atoms with E-state index in [2.05, 4.69) is 186 Å². The van der Waals surface area contributed by atoms with Gasteiger partial charge in [0, 0.05) is 34.1 Å². The predicted octanol–water partition coefficient (Wildman–Crippen LogP) is 9.10. The van der Waals surface area contributed by atoms with Crippen LogP contribution in [0.2, 0.25) is 0 Å². The van der Waals surface area contributed by atoms with Gasteiger partial charge < -0.3 is 9.80 Å². The van der Waals surface area contributed by atoms with Gasteiger partial charge in [-0.15, -0.1) is 0 Å². The Morgan fingerprint density at radius 2 is 0.689 bits per heavy atom. The molecular formula is C42H29BN2. The van der Waals surface area contributed by atoms with Gasteiger partial charge in [0.05, 0.1) is 0 Å². The van der Waals surface area contributed by atoms with Crippen LogP contribution >= 0.6 is 0 Å². The van der Waals surface area contributed by atoms with E-state index in [0.29, 0.717) is 0 Å². The van der Waals surface area contributed by atoms with Gasteiger partial charge in [0.1, 0.15) is 0 Å². The van der Waals surface area contributed by atoms with Gasteiger partial charge in [-0.2, -0.15) is 0 Å². The Balaban J connectivity index is 1.28. The topological polar surface area (TPSA) is 6.48 Å². The van der Waals surface area contributed by atoms with Crippen LogP contribution in [0.25, 0.3) is 22.3 Å². The Labute approximate surface area is 264 Å². The third kappa shape index (κ3) is 4.12. The van der Waals surface area contributed by atoms with E-state index in [0.717, 1.165) is 11.4 Å². The fourth-order valence-electron chi connectivity index (χ4n) is 7.30.